The highest BCUT2D eigenvalue weighted by atomic mass is 16.5. The second-order valence-electron chi connectivity index (χ2n) is 3.42. The molecule has 0 atom stereocenters. The third kappa shape index (κ3) is 2.46. The highest BCUT2D eigenvalue weighted by Gasteiger charge is 2.09. The van der Waals surface area contributed by atoms with Gasteiger partial charge in [0.2, 0.25) is 0 Å². The van der Waals surface area contributed by atoms with Crippen LogP contribution in [0.5, 0.6) is 0 Å². The normalized spacial score (nSPS) is 10.1. The van der Waals surface area contributed by atoms with E-state index in [-0.39, 0.29) is 5.97 Å². The molecule has 0 radical (unpaired) electrons. The predicted octanol–water partition coefficient (Wildman–Crippen LogP) is 1.48. The molecule has 4 heteroatoms. The molecule has 4 nitrogen and oxygen atoms in total. The molecular formula is C11H15NO3. The number of nitrogens with zero attached hydrogens (tertiary/aromatic N) is 1. The molecule has 0 amide bonds. The zero-order valence-corrected chi connectivity index (χ0v) is 9.24. The number of aromatic nitrogens is 1. The second kappa shape index (κ2) is 4.77. The van der Waals surface area contributed by atoms with Crippen LogP contribution < -0.4 is 0 Å². The Balaban J connectivity index is 2.80. The third-order valence-electron chi connectivity index (χ3n) is 2.51. The molecule has 0 aliphatic rings. The monoisotopic (exact) mass is 209 g/mol. The van der Waals surface area contributed by atoms with Gasteiger partial charge in [-0.3, -0.25) is 9.59 Å². The lowest BCUT2D eigenvalue weighted by Gasteiger charge is -2.07. The first-order valence-corrected chi connectivity index (χ1v) is 4.79. The average Bonchev–Trinajstić information content (AvgIpc) is 2.51. The van der Waals surface area contributed by atoms with Crippen molar-refractivity contribution in [1.29, 1.82) is 0 Å². The highest BCUT2D eigenvalue weighted by Crippen LogP contribution is 2.13. The number of methoxy groups -OCH3 is 1. The molecule has 15 heavy (non-hydrogen) atoms. The lowest BCUT2D eigenvalue weighted by molar-refractivity contribution is -0.140. The molecule has 0 unspecified atom stereocenters. The smallest absolute Gasteiger partial charge is 0.307 e. The fraction of sp³-hybridized carbons (Fsp3) is 0.455. The molecule has 0 N–H and O–H groups in total. The quantitative estimate of drug-likeness (QED) is 0.557. The van der Waals surface area contributed by atoms with E-state index in [0.717, 1.165) is 17.7 Å². The fourth-order valence-corrected chi connectivity index (χ4v) is 1.60. The molecule has 1 heterocycles. The number of ether oxygens (including phenoxy) is 1. The van der Waals surface area contributed by atoms with Gasteiger partial charge in [0, 0.05) is 23.5 Å². The molecular weight excluding hydrogens is 194 g/mol. The van der Waals surface area contributed by atoms with Gasteiger partial charge >= 0.3 is 5.97 Å². The van der Waals surface area contributed by atoms with Gasteiger partial charge in [0.25, 0.3) is 0 Å². The Morgan fingerprint density at radius 1 is 1.53 bits per heavy atom. The summed E-state index contributed by atoms with van der Waals surface area (Å²) >= 11 is 0. The van der Waals surface area contributed by atoms with Crippen LogP contribution in [0.25, 0.3) is 0 Å². The lowest BCUT2D eigenvalue weighted by Crippen LogP contribution is -2.09. The zero-order chi connectivity index (χ0) is 11.4. The molecule has 1 rings (SSSR count). The van der Waals surface area contributed by atoms with Gasteiger partial charge in [0.15, 0.2) is 6.29 Å². The van der Waals surface area contributed by atoms with Crippen molar-refractivity contribution in [2.75, 3.05) is 7.11 Å². The van der Waals surface area contributed by atoms with Gasteiger partial charge in [0.05, 0.1) is 13.5 Å². The molecule has 0 fully saturated rings. The van der Waals surface area contributed by atoms with Crippen molar-refractivity contribution in [2.45, 2.75) is 26.8 Å². The molecule has 0 saturated heterocycles. The number of rotatable bonds is 4. The minimum Gasteiger partial charge on any atom is -0.469 e. The Morgan fingerprint density at radius 2 is 2.20 bits per heavy atom. The first-order chi connectivity index (χ1) is 7.10. The number of aldehydes is 1. The molecule has 0 bridgehead atoms. The van der Waals surface area contributed by atoms with Gasteiger partial charge < -0.3 is 9.30 Å². The Labute approximate surface area is 88.8 Å². The summed E-state index contributed by atoms with van der Waals surface area (Å²) in [6.45, 7) is 4.34. The van der Waals surface area contributed by atoms with Crippen molar-refractivity contribution in [3.8, 4) is 0 Å². The number of esters is 1. The van der Waals surface area contributed by atoms with Crippen LogP contribution in [0.3, 0.4) is 0 Å². The van der Waals surface area contributed by atoms with E-state index in [4.69, 9.17) is 0 Å². The number of carbonyl (C=O) groups excluding carboxylic acids is 2. The predicted molar refractivity (Wildman–Crippen MR) is 55.9 cm³/mol. The molecule has 82 valence electrons. The summed E-state index contributed by atoms with van der Waals surface area (Å²) < 4.78 is 6.51. The maximum atomic E-state index is 11.0. The maximum Gasteiger partial charge on any atom is 0.307 e. The lowest BCUT2D eigenvalue weighted by atomic mass is 10.3. The Hall–Kier alpha value is -1.58. The van der Waals surface area contributed by atoms with Crippen LogP contribution >= 0.6 is 0 Å². The highest BCUT2D eigenvalue weighted by molar-refractivity contribution is 5.77. The Morgan fingerprint density at radius 3 is 2.67 bits per heavy atom. The summed E-state index contributed by atoms with van der Waals surface area (Å²) in [6, 6.07) is 1.82. The maximum absolute atomic E-state index is 11.0. The van der Waals surface area contributed by atoms with Crippen molar-refractivity contribution < 1.29 is 14.3 Å². The standard InChI is InChI=1S/C11H15NO3/c1-8-6-10(7-13)9(2)12(8)5-4-11(14)15-3/h6-7H,4-5H2,1-3H3. The molecule has 0 aliphatic carbocycles. The van der Waals surface area contributed by atoms with Crippen LogP contribution in [-0.4, -0.2) is 23.9 Å². The molecule has 0 aromatic carbocycles. The Bertz CT molecular complexity index is 379. The summed E-state index contributed by atoms with van der Waals surface area (Å²) in [5, 5.41) is 0. The van der Waals surface area contributed by atoms with Crippen LogP contribution in [0.2, 0.25) is 0 Å². The number of hydrogen-bond acceptors (Lipinski definition) is 3. The number of hydrogen-bond donors (Lipinski definition) is 0. The number of carbonyl (C=O) groups is 2. The van der Waals surface area contributed by atoms with Crippen LogP contribution in [0.4, 0.5) is 0 Å². The second-order valence-corrected chi connectivity index (χ2v) is 3.42. The van der Waals surface area contributed by atoms with Gasteiger partial charge in [-0.1, -0.05) is 0 Å². The van der Waals surface area contributed by atoms with Gasteiger partial charge in [-0.25, -0.2) is 0 Å². The van der Waals surface area contributed by atoms with E-state index in [9.17, 15) is 9.59 Å². The van der Waals surface area contributed by atoms with Gasteiger partial charge in [0.1, 0.15) is 0 Å². The van der Waals surface area contributed by atoms with Crippen LogP contribution in [0.1, 0.15) is 28.2 Å². The van der Waals surface area contributed by atoms with Crippen LogP contribution in [0.15, 0.2) is 6.07 Å². The van der Waals surface area contributed by atoms with E-state index >= 15 is 0 Å². The summed E-state index contributed by atoms with van der Waals surface area (Å²) in [5.41, 5.74) is 2.56. The third-order valence-corrected chi connectivity index (χ3v) is 2.51. The first-order valence-electron chi connectivity index (χ1n) is 4.79. The average molecular weight is 209 g/mol. The molecule has 1 aromatic heterocycles. The summed E-state index contributed by atoms with van der Waals surface area (Å²) in [7, 11) is 1.37. The SMILES string of the molecule is COC(=O)CCn1c(C)cc(C=O)c1C. The van der Waals surface area contributed by atoms with Crippen molar-refractivity contribution >= 4 is 12.3 Å². The summed E-state index contributed by atoms with van der Waals surface area (Å²) in [4.78, 5) is 21.7. The van der Waals surface area contributed by atoms with E-state index in [1.54, 1.807) is 0 Å². The molecule has 0 saturated carbocycles. The minimum atomic E-state index is -0.241. The molecule has 0 aliphatic heterocycles. The van der Waals surface area contributed by atoms with E-state index in [0.29, 0.717) is 18.5 Å². The summed E-state index contributed by atoms with van der Waals surface area (Å²) in [6.07, 6.45) is 1.15. The van der Waals surface area contributed by atoms with Crippen molar-refractivity contribution in [3.63, 3.8) is 0 Å². The van der Waals surface area contributed by atoms with Gasteiger partial charge in [-0.2, -0.15) is 0 Å². The van der Waals surface area contributed by atoms with Crippen molar-refractivity contribution in [3.05, 3.63) is 23.0 Å². The summed E-state index contributed by atoms with van der Waals surface area (Å²) in [5.74, 6) is -0.241. The first kappa shape index (κ1) is 11.5. The van der Waals surface area contributed by atoms with E-state index in [1.165, 1.54) is 7.11 Å². The fourth-order valence-electron chi connectivity index (χ4n) is 1.60. The minimum absolute atomic E-state index is 0.241. The van der Waals surface area contributed by atoms with Crippen LogP contribution in [-0.2, 0) is 16.1 Å². The topological polar surface area (TPSA) is 48.3 Å². The Kier molecular flexibility index (Phi) is 3.66. The van der Waals surface area contributed by atoms with E-state index in [2.05, 4.69) is 4.74 Å². The van der Waals surface area contributed by atoms with Crippen molar-refractivity contribution in [2.24, 2.45) is 0 Å². The van der Waals surface area contributed by atoms with Gasteiger partial charge in [-0.05, 0) is 19.9 Å². The molecule has 0 spiro atoms. The van der Waals surface area contributed by atoms with Crippen molar-refractivity contribution in [1.82, 2.24) is 4.57 Å². The largest absolute Gasteiger partial charge is 0.469 e. The zero-order valence-electron chi connectivity index (χ0n) is 9.24. The van der Waals surface area contributed by atoms with Crippen LogP contribution in [0, 0.1) is 13.8 Å². The van der Waals surface area contributed by atoms with Gasteiger partial charge in [-0.15, -0.1) is 0 Å². The number of aryl methyl sites for hydroxylation is 1. The van der Waals surface area contributed by atoms with E-state index in [1.807, 2.05) is 24.5 Å². The van der Waals surface area contributed by atoms with E-state index < -0.39 is 0 Å². The molecule has 1 aromatic rings.